The number of rotatable bonds is 6. The number of hydrogen-bond acceptors (Lipinski definition) is 5. The number of nitrogens with zero attached hydrogens (tertiary/aromatic N) is 3. The van der Waals surface area contributed by atoms with Gasteiger partial charge in [0, 0.05) is 54.7 Å². The SMILES string of the molecule is CC1=C(OCCN2CCOCC2)c2cc(-c3cccnc3-c3ccc(F)c(C)c3)ccc2N=CC1C. The minimum absolute atomic E-state index is 0.176. The Labute approximate surface area is 212 Å². The van der Waals surface area contributed by atoms with Gasteiger partial charge < -0.3 is 9.47 Å². The van der Waals surface area contributed by atoms with E-state index in [1.54, 1.807) is 19.2 Å². The van der Waals surface area contributed by atoms with Crippen LogP contribution in [0.2, 0.25) is 0 Å². The number of morpholine rings is 1. The van der Waals surface area contributed by atoms with Crippen LogP contribution in [0.1, 0.15) is 25.0 Å². The fourth-order valence-electron chi connectivity index (χ4n) is 4.67. The number of aryl methyl sites for hydroxylation is 1. The summed E-state index contributed by atoms with van der Waals surface area (Å²) < 4.78 is 25.9. The topological polar surface area (TPSA) is 47.0 Å². The highest BCUT2D eigenvalue weighted by Gasteiger charge is 2.21. The molecule has 2 aliphatic rings. The highest BCUT2D eigenvalue weighted by atomic mass is 19.1. The maximum atomic E-state index is 13.9. The summed E-state index contributed by atoms with van der Waals surface area (Å²) in [6.07, 6.45) is 3.76. The third-order valence-electron chi connectivity index (χ3n) is 7.03. The van der Waals surface area contributed by atoms with Gasteiger partial charge in [-0.25, -0.2) is 4.39 Å². The molecule has 1 atom stereocenters. The first-order chi connectivity index (χ1) is 17.5. The van der Waals surface area contributed by atoms with Crippen LogP contribution in [0.3, 0.4) is 0 Å². The lowest BCUT2D eigenvalue weighted by atomic mass is 9.94. The Morgan fingerprint density at radius 1 is 1.03 bits per heavy atom. The molecule has 1 saturated heterocycles. The van der Waals surface area contributed by atoms with Gasteiger partial charge in [-0.1, -0.05) is 19.1 Å². The van der Waals surface area contributed by atoms with Crippen molar-refractivity contribution in [1.29, 1.82) is 0 Å². The van der Waals surface area contributed by atoms with Gasteiger partial charge in [0.1, 0.15) is 18.2 Å². The van der Waals surface area contributed by atoms with Crippen LogP contribution in [0.5, 0.6) is 0 Å². The third kappa shape index (κ3) is 5.11. The first-order valence-electron chi connectivity index (χ1n) is 12.6. The van der Waals surface area contributed by atoms with Gasteiger partial charge in [-0.05, 0) is 66.9 Å². The number of benzene rings is 2. The van der Waals surface area contributed by atoms with E-state index in [-0.39, 0.29) is 11.7 Å². The van der Waals surface area contributed by atoms with Crippen LogP contribution in [-0.4, -0.2) is 55.6 Å². The largest absolute Gasteiger partial charge is 0.492 e. The molecule has 1 aromatic heterocycles. The quantitative estimate of drug-likeness (QED) is 0.411. The molecule has 0 aliphatic carbocycles. The molecule has 2 aromatic carbocycles. The van der Waals surface area contributed by atoms with E-state index in [4.69, 9.17) is 14.5 Å². The predicted octanol–water partition coefficient (Wildman–Crippen LogP) is 6.29. The van der Waals surface area contributed by atoms with Crippen molar-refractivity contribution in [1.82, 2.24) is 9.88 Å². The number of ether oxygens (including phenoxy) is 2. The van der Waals surface area contributed by atoms with Crippen molar-refractivity contribution in [3.8, 4) is 22.4 Å². The Kier molecular flexibility index (Phi) is 7.25. The summed E-state index contributed by atoms with van der Waals surface area (Å²) in [5, 5.41) is 0. The Morgan fingerprint density at radius 3 is 2.64 bits per heavy atom. The van der Waals surface area contributed by atoms with E-state index in [0.717, 1.165) is 77.8 Å². The second-order valence-electron chi connectivity index (χ2n) is 9.48. The lowest BCUT2D eigenvalue weighted by molar-refractivity contribution is 0.0305. The maximum Gasteiger partial charge on any atom is 0.128 e. The third-order valence-corrected chi connectivity index (χ3v) is 7.03. The van der Waals surface area contributed by atoms with Crippen molar-refractivity contribution in [2.45, 2.75) is 20.8 Å². The molecule has 1 fully saturated rings. The molecule has 0 radical (unpaired) electrons. The van der Waals surface area contributed by atoms with Crippen molar-refractivity contribution in [2.24, 2.45) is 10.9 Å². The Morgan fingerprint density at radius 2 is 1.83 bits per heavy atom. The lowest BCUT2D eigenvalue weighted by Crippen LogP contribution is -2.38. The highest BCUT2D eigenvalue weighted by Crippen LogP contribution is 2.39. The molecule has 3 heterocycles. The van der Waals surface area contributed by atoms with Gasteiger partial charge >= 0.3 is 0 Å². The van der Waals surface area contributed by atoms with E-state index in [1.165, 1.54) is 6.07 Å². The molecular weight excluding hydrogens is 453 g/mol. The first kappa shape index (κ1) is 24.3. The average Bonchev–Trinajstić information content (AvgIpc) is 3.02. The number of allylic oxidation sites excluding steroid dienone is 1. The highest BCUT2D eigenvalue weighted by molar-refractivity contribution is 5.88. The van der Waals surface area contributed by atoms with Gasteiger partial charge in [0.15, 0.2) is 0 Å². The van der Waals surface area contributed by atoms with Gasteiger partial charge in [-0.2, -0.15) is 0 Å². The van der Waals surface area contributed by atoms with Crippen LogP contribution in [-0.2, 0) is 9.47 Å². The van der Waals surface area contributed by atoms with Crippen molar-refractivity contribution >= 4 is 17.7 Å². The molecule has 2 aliphatic heterocycles. The summed E-state index contributed by atoms with van der Waals surface area (Å²) in [4.78, 5) is 11.8. The molecule has 5 nitrogen and oxygen atoms in total. The Hall–Kier alpha value is -3.35. The summed E-state index contributed by atoms with van der Waals surface area (Å²) in [6, 6.07) is 15.4. The van der Waals surface area contributed by atoms with Crippen LogP contribution in [0, 0.1) is 18.7 Å². The molecule has 0 N–H and O–H groups in total. The maximum absolute atomic E-state index is 13.9. The molecule has 0 saturated carbocycles. The van der Waals surface area contributed by atoms with E-state index < -0.39 is 0 Å². The van der Waals surface area contributed by atoms with Gasteiger partial charge in [0.2, 0.25) is 0 Å². The zero-order valence-corrected chi connectivity index (χ0v) is 21.1. The predicted molar refractivity (Wildman–Crippen MR) is 143 cm³/mol. The van der Waals surface area contributed by atoms with Gasteiger partial charge in [-0.3, -0.25) is 14.9 Å². The zero-order chi connectivity index (χ0) is 25.1. The minimum atomic E-state index is -0.215. The monoisotopic (exact) mass is 485 g/mol. The average molecular weight is 486 g/mol. The molecule has 0 amide bonds. The fourth-order valence-corrected chi connectivity index (χ4v) is 4.67. The van der Waals surface area contributed by atoms with Gasteiger partial charge in [0.25, 0.3) is 0 Å². The summed E-state index contributed by atoms with van der Waals surface area (Å²) in [5.41, 5.74) is 7.36. The van der Waals surface area contributed by atoms with Crippen molar-refractivity contribution in [3.05, 3.63) is 77.2 Å². The van der Waals surface area contributed by atoms with E-state index in [2.05, 4.69) is 41.9 Å². The molecule has 36 heavy (non-hydrogen) atoms. The van der Waals surface area contributed by atoms with Crippen LogP contribution >= 0.6 is 0 Å². The second kappa shape index (κ2) is 10.7. The molecule has 0 spiro atoms. The standard InChI is InChI=1S/C30H32FN3O2/c1-20-17-24(6-8-27(20)31)29-25(5-4-10-32-29)23-7-9-28-26(18-23)30(22(3)21(2)19-33-28)36-16-13-34-11-14-35-15-12-34/h4-10,17-19,21H,11-16H2,1-3H3. The molecule has 3 aromatic rings. The summed E-state index contributed by atoms with van der Waals surface area (Å²) in [6.45, 7) is 10.9. The zero-order valence-electron chi connectivity index (χ0n) is 21.1. The summed E-state index contributed by atoms with van der Waals surface area (Å²) >= 11 is 0. The van der Waals surface area contributed by atoms with Crippen LogP contribution in [0.15, 0.2) is 65.3 Å². The number of fused-ring (bicyclic) bond motifs is 1. The summed E-state index contributed by atoms with van der Waals surface area (Å²) in [7, 11) is 0. The smallest absolute Gasteiger partial charge is 0.128 e. The molecule has 1 unspecified atom stereocenters. The molecule has 0 bridgehead atoms. The number of hydrogen-bond donors (Lipinski definition) is 0. The van der Waals surface area contributed by atoms with Crippen molar-refractivity contribution in [2.75, 3.05) is 39.5 Å². The first-order valence-corrected chi connectivity index (χ1v) is 12.6. The number of aliphatic imine (C=N–C) groups is 1. The molecule has 5 rings (SSSR count). The van der Waals surface area contributed by atoms with Crippen LogP contribution in [0.4, 0.5) is 10.1 Å². The van der Waals surface area contributed by atoms with Gasteiger partial charge in [0.05, 0.1) is 24.6 Å². The normalized spacial score (nSPS) is 18.2. The van der Waals surface area contributed by atoms with Gasteiger partial charge in [-0.15, -0.1) is 0 Å². The van der Waals surface area contributed by atoms with E-state index in [1.807, 2.05) is 24.4 Å². The van der Waals surface area contributed by atoms with Crippen LogP contribution in [0.25, 0.3) is 28.1 Å². The second-order valence-corrected chi connectivity index (χ2v) is 9.48. The number of halogens is 1. The fraction of sp³-hybridized carbons (Fsp3) is 0.333. The van der Waals surface area contributed by atoms with Crippen molar-refractivity contribution < 1.29 is 13.9 Å². The molecule has 186 valence electrons. The number of aromatic nitrogens is 1. The summed E-state index contributed by atoms with van der Waals surface area (Å²) in [5.74, 6) is 0.858. The van der Waals surface area contributed by atoms with E-state index >= 15 is 0 Å². The van der Waals surface area contributed by atoms with Crippen LogP contribution < -0.4 is 0 Å². The van der Waals surface area contributed by atoms with E-state index in [0.29, 0.717) is 12.2 Å². The van der Waals surface area contributed by atoms with E-state index in [9.17, 15) is 4.39 Å². The molecule has 6 heteroatoms. The van der Waals surface area contributed by atoms with Crippen molar-refractivity contribution in [3.63, 3.8) is 0 Å². The number of pyridine rings is 1. The lowest BCUT2D eigenvalue weighted by Gasteiger charge is -2.27. The minimum Gasteiger partial charge on any atom is -0.492 e. The Bertz CT molecular complexity index is 1310. The molecular formula is C30H32FN3O2. The Balaban J connectivity index is 1.50.